The van der Waals surface area contributed by atoms with Gasteiger partial charge in [-0.3, -0.25) is 0 Å². The van der Waals surface area contributed by atoms with Gasteiger partial charge in [0.2, 0.25) is 13.6 Å². The highest BCUT2D eigenvalue weighted by molar-refractivity contribution is 5.46. The monoisotopic (exact) mass is 356 g/mol. The summed E-state index contributed by atoms with van der Waals surface area (Å²) in [6, 6.07) is 11.6. The van der Waals surface area contributed by atoms with Crippen LogP contribution >= 0.6 is 0 Å². The molecule has 3 heterocycles. The minimum Gasteiger partial charge on any atom is -0.454 e. The Balaban J connectivity index is 1.33. The van der Waals surface area contributed by atoms with Gasteiger partial charge in [0.05, 0.1) is 19.3 Å². The minimum absolute atomic E-state index is 0.0285. The number of hydrogen-bond acceptors (Lipinski definition) is 6. The number of benzene rings is 2. The van der Waals surface area contributed by atoms with E-state index in [1.165, 1.54) is 0 Å². The SMILES string of the molecule is OC(c1ccc2c(c1)OCO2)C1COCC1Cc1ccc2c(c1)OCO2. The van der Waals surface area contributed by atoms with E-state index in [0.717, 1.165) is 34.8 Å². The fraction of sp³-hybridized carbons (Fsp3) is 0.400. The lowest BCUT2D eigenvalue weighted by Crippen LogP contribution is -2.22. The van der Waals surface area contributed by atoms with E-state index in [9.17, 15) is 5.11 Å². The molecule has 0 spiro atoms. The molecule has 0 bridgehead atoms. The van der Waals surface area contributed by atoms with E-state index in [1.807, 2.05) is 30.3 Å². The Morgan fingerprint density at radius 1 is 0.846 bits per heavy atom. The van der Waals surface area contributed by atoms with Gasteiger partial charge < -0.3 is 28.8 Å². The van der Waals surface area contributed by atoms with E-state index in [-0.39, 0.29) is 25.4 Å². The second kappa shape index (κ2) is 6.37. The molecule has 0 aromatic heterocycles. The van der Waals surface area contributed by atoms with Crippen molar-refractivity contribution in [2.75, 3.05) is 26.8 Å². The molecule has 3 aliphatic heterocycles. The van der Waals surface area contributed by atoms with Crippen molar-refractivity contribution in [1.29, 1.82) is 0 Å². The fourth-order valence-corrected chi connectivity index (χ4v) is 3.89. The molecule has 0 aliphatic carbocycles. The summed E-state index contributed by atoms with van der Waals surface area (Å²) in [4.78, 5) is 0. The van der Waals surface area contributed by atoms with Crippen LogP contribution < -0.4 is 18.9 Å². The molecule has 0 radical (unpaired) electrons. The van der Waals surface area contributed by atoms with Gasteiger partial charge in [-0.05, 0) is 47.7 Å². The fourth-order valence-electron chi connectivity index (χ4n) is 3.89. The maximum atomic E-state index is 10.9. The van der Waals surface area contributed by atoms with Crippen LogP contribution in [0.5, 0.6) is 23.0 Å². The molecule has 1 N–H and O–H groups in total. The molecule has 3 aliphatic rings. The Morgan fingerprint density at radius 2 is 1.54 bits per heavy atom. The van der Waals surface area contributed by atoms with Crippen molar-refractivity contribution in [2.24, 2.45) is 11.8 Å². The van der Waals surface area contributed by atoms with Gasteiger partial charge in [0.25, 0.3) is 0 Å². The Morgan fingerprint density at radius 3 is 2.35 bits per heavy atom. The van der Waals surface area contributed by atoms with Crippen molar-refractivity contribution >= 4 is 0 Å². The zero-order chi connectivity index (χ0) is 17.5. The lowest BCUT2D eigenvalue weighted by Gasteiger charge is -2.23. The molecule has 6 nitrogen and oxygen atoms in total. The largest absolute Gasteiger partial charge is 0.454 e. The number of ether oxygens (including phenoxy) is 5. The summed E-state index contributed by atoms with van der Waals surface area (Å²) in [6.07, 6.45) is 0.217. The van der Waals surface area contributed by atoms with Gasteiger partial charge in [0.1, 0.15) is 0 Å². The second-order valence-electron chi connectivity index (χ2n) is 6.91. The third kappa shape index (κ3) is 2.75. The summed E-state index contributed by atoms with van der Waals surface area (Å²) in [5, 5.41) is 10.9. The summed E-state index contributed by atoms with van der Waals surface area (Å²) >= 11 is 0. The van der Waals surface area contributed by atoms with E-state index in [0.29, 0.717) is 19.0 Å². The normalized spacial score (nSPS) is 24.0. The lowest BCUT2D eigenvalue weighted by molar-refractivity contribution is 0.0810. The van der Waals surface area contributed by atoms with Crippen LogP contribution in [0.15, 0.2) is 36.4 Å². The topological polar surface area (TPSA) is 66.4 Å². The number of rotatable bonds is 4. The zero-order valence-electron chi connectivity index (χ0n) is 14.2. The molecule has 5 rings (SSSR count). The Hall–Kier alpha value is -2.44. The summed E-state index contributed by atoms with van der Waals surface area (Å²) in [5.74, 6) is 3.24. The highest BCUT2D eigenvalue weighted by Gasteiger charge is 2.35. The summed E-state index contributed by atoms with van der Waals surface area (Å²) in [7, 11) is 0. The summed E-state index contributed by atoms with van der Waals surface area (Å²) < 4.78 is 27.3. The molecule has 0 amide bonds. The van der Waals surface area contributed by atoms with Crippen molar-refractivity contribution in [3.05, 3.63) is 47.5 Å². The molecule has 6 heteroatoms. The van der Waals surface area contributed by atoms with Crippen molar-refractivity contribution in [1.82, 2.24) is 0 Å². The molecular weight excluding hydrogens is 336 g/mol. The average molecular weight is 356 g/mol. The average Bonchev–Trinajstić information content (AvgIpc) is 3.40. The molecule has 1 saturated heterocycles. The molecule has 2 aromatic carbocycles. The van der Waals surface area contributed by atoms with Gasteiger partial charge in [-0.25, -0.2) is 0 Å². The Kier molecular flexibility index (Phi) is 3.87. The highest BCUT2D eigenvalue weighted by Crippen LogP contribution is 2.40. The molecule has 26 heavy (non-hydrogen) atoms. The Labute approximate surface area is 151 Å². The third-order valence-electron chi connectivity index (χ3n) is 5.33. The molecule has 136 valence electrons. The van der Waals surface area contributed by atoms with Crippen LogP contribution in [0.3, 0.4) is 0 Å². The van der Waals surface area contributed by atoms with Crippen LogP contribution in [0.1, 0.15) is 17.2 Å². The van der Waals surface area contributed by atoms with Crippen molar-refractivity contribution in [2.45, 2.75) is 12.5 Å². The van der Waals surface area contributed by atoms with Crippen LogP contribution in [-0.2, 0) is 11.2 Å². The zero-order valence-corrected chi connectivity index (χ0v) is 14.2. The van der Waals surface area contributed by atoms with E-state index < -0.39 is 6.10 Å². The van der Waals surface area contributed by atoms with Crippen LogP contribution in [0, 0.1) is 11.8 Å². The first kappa shape index (κ1) is 15.8. The van der Waals surface area contributed by atoms with Crippen molar-refractivity contribution in [3.8, 4) is 23.0 Å². The molecule has 0 saturated carbocycles. The quantitative estimate of drug-likeness (QED) is 0.909. The van der Waals surface area contributed by atoms with Crippen LogP contribution in [0.25, 0.3) is 0 Å². The molecule has 1 fully saturated rings. The number of aliphatic hydroxyl groups excluding tert-OH is 1. The van der Waals surface area contributed by atoms with E-state index >= 15 is 0 Å². The first-order chi connectivity index (χ1) is 12.8. The van der Waals surface area contributed by atoms with Gasteiger partial charge in [-0.1, -0.05) is 12.1 Å². The lowest BCUT2D eigenvalue weighted by atomic mass is 9.83. The molecule has 3 atom stereocenters. The molecular formula is C20H20O6. The maximum absolute atomic E-state index is 10.9. The van der Waals surface area contributed by atoms with Crippen LogP contribution in [0.2, 0.25) is 0 Å². The molecule has 2 aromatic rings. The first-order valence-corrected chi connectivity index (χ1v) is 8.82. The van der Waals surface area contributed by atoms with Gasteiger partial charge in [0, 0.05) is 5.92 Å². The number of aliphatic hydroxyl groups is 1. The predicted molar refractivity (Wildman–Crippen MR) is 91.6 cm³/mol. The summed E-state index contributed by atoms with van der Waals surface area (Å²) in [5.41, 5.74) is 1.99. The third-order valence-corrected chi connectivity index (χ3v) is 5.33. The first-order valence-electron chi connectivity index (χ1n) is 8.82. The van der Waals surface area contributed by atoms with Gasteiger partial charge in [-0.2, -0.15) is 0 Å². The van der Waals surface area contributed by atoms with E-state index in [1.54, 1.807) is 0 Å². The van der Waals surface area contributed by atoms with Gasteiger partial charge in [-0.15, -0.1) is 0 Å². The van der Waals surface area contributed by atoms with E-state index in [4.69, 9.17) is 23.7 Å². The predicted octanol–water partition coefficient (Wildman–Crippen LogP) is 2.68. The Bertz CT molecular complexity index is 820. The van der Waals surface area contributed by atoms with Crippen molar-refractivity contribution < 1.29 is 28.8 Å². The standard InChI is InChI=1S/C20H20O6/c21-20(13-2-4-17-19(7-13)26-11-24-17)15-9-22-8-14(15)5-12-1-3-16-18(6-12)25-10-23-16/h1-4,6-7,14-15,20-21H,5,8-11H2. The molecule has 3 unspecified atom stereocenters. The number of fused-ring (bicyclic) bond motifs is 2. The number of hydrogen-bond donors (Lipinski definition) is 1. The maximum Gasteiger partial charge on any atom is 0.231 e. The van der Waals surface area contributed by atoms with Crippen LogP contribution in [-0.4, -0.2) is 31.9 Å². The highest BCUT2D eigenvalue weighted by atomic mass is 16.7. The van der Waals surface area contributed by atoms with Crippen molar-refractivity contribution in [3.63, 3.8) is 0 Å². The van der Waals surface area contributed by atoms with Gasteiger partial charge >= 0.3 is 0 Å². The second-order valence-corrected chi connectivity index (χ2v) is 6.91. The smallest absolute Gasteiger partial charge is 0.231 e. The van der Waals surface area contributed by atoms with Crippen LogP contribution in [0.4, 0.5) is 0 Å². The summed E-state index contributed by atoms with van der Waals surface area (Å²) in [6.45, 7) is 1.69. The van der Waals surface area contributed by atoms with Gasteiger partial charge in [0.15, 0.2) is 23.0 Å². The van der Waals surface area contributed by atoms with E-state index in [2.05, 4.69) is 6.07 Å². The minimum atomic E-state index is -0.606.